The van der Waals surface area contributed by atoms with Gasteiger partial charge >= 0.3 is 0 Å². The lowest BCUT2D eigenvalue weighted by atomic mass is 9.36. The molecule has 0 N–H and O–H groups in total. The highest BCUT2D eigenvalue weighted by molar-refractivity contribution is 6.77. The van der Waals surface area contributed by atoms with Crippen LogP contribution in [0.2, 0.25) is 0 Å². The summed E-state index contributed by atoms with van der Waals surface area (Å²) in [6, 6.07) is 53.7. The van der Waals surface area contributed by atoms with Gasteiger partial charge in [-0.3, -0.25) is 0 Å². The molecule has 0 aliphatic heterocycles. The lowest BCUT2D eigenvalue weighted by Crippen LogP contribution is -2.70. The van der Waals surface area contributed by atoms with Crippen LogP contribution >= 0.6 is 11.6 Å². The summed E-state index contributed by atoms with van der Waals surface area (Å²) < 4.78 is 0. The van der Waals surface area contributed by atoms with E-state index in [1.165, 1.54) is 55.6 Å². The first-order valence-electron chi connectivity index (χ1n) is 42.0. The summed E-state index contributed by atoms with van der Waals surface area (Å²) in [5.74, 6) is -0.379. The topological polar surface area (TPSA) is 0 Å². The van der Waals surface area contributed by atoms with Crippen molar-refractivity contribution in [1.29, 1.82) is 0 Å². The van der Waals surface area contributed by atoms with Crippen LogP contribution in [0.4, 0.5) is 0 Å². The van der Waals surface area contributed by atoms with Gasteiger partial charge in [-0.15, -0.1) is 11.6 Å². The van der Waals surface area contributed by atoms with Crippen molar-refractivity contribution >= 4 is 227 Å². The quantitative estimate of drug-likeness (QED) is 0.0915. The molecule has 514 valence electrons. The highest BCUT2D eigenvalue weighted by Crippen LogP contribution is 2.96. The maximum Gasteiger partial charge on any atom is 0.0901 e. The SMILES string of the molecule is CC(C)(C)c1ccc(C23C4=C5C6(c7ccc(C(C)(C)C)cc7)c7c2c2c8c3c3c9c%10c%11c%12c%13c%14c%15c%16c%17c%18c(c6c6c7c7c2c2c%19c8c9c8c9c%10c%13c%10c%13c%14c%17c%14c%17c%18c6c6c7c2c2c(c%198)c(c9%10)c(c%13%14)c2c6%17)C%16(c2ccc(C(C)(C)C)cc2)C5(Cl)C(C4C3%11c2ccc(C(C)(C)C)cc2)C%12%15c2ccc(C(C)(C)C)cc2)cc1. The third-order valence-electron chi connectivity index (χ3n) is 36.3. The van der Waals surface area contributed by atoms with Crippen molar-refractivity contribution in [3.05, 3.63) is 244 Å². The highest BCUT2D eigenvalue weighted by atomic mass is 35.5. The van der Waals surface area contributed by atoms with E-state index in [0.717, 1.165) is 0 Å². The van der Waals surface area contributed by atoms with Gasteiger partial charge < -0.3 is 0 Å². The summed E-state index contributed by atoms with van der Waals surface area (Å²) in [4.78, 5) is -1.14. The number of rotatable bonds is 5. The average molecular weight is 1420 g/mol. The van der Waals surface area contributed by atoms with Gasteiger partial charge in [0, 0.05) is 11.8 Å². The second-order valence-electron chi connectivity index (χ2n) is 44.2. The number of allylic oxidation sites excluding steroid dienone is 2. The van der Waals surface area contributed by atoms with Crippen LogP contribution in [0.3, 0.4) is 0 Å². The van der Waals surface area contributed by atoms with Crippen LogP contribution < -0.4 is 0 Å². The molecule has 1 heteroatoms. The Bertz CT molecular complexity index is 9280. The Morgan fingerprint density at radius 2 is 0.405 bits per heavy atom. The van der Waals surface area contributed by atoms with Crippen LogP contribution in [0.15, 0.2) is 132 Å². The zero-order chi connectivity index (χ0) is 72.6. The number of hydrogen-bond donors (Lipinski definition) is 0. The predicted octanol–water partition coefficient (Wildman–Crippen LogP) is 27.9. The molecular formula is C110H67Cl. The first-order chi connectivity index (χ1) is 53.3. The summed E-state index contributed by atoms with van der Waals surface area (Å²) in [5, 5.41) is 64.1. The first-order valence-corrected chi connectivity index (χ1v) is 42.4. The number of benzene rings is 20. The van der Waals surface area contributed by atoms with E-state index in [1.54, 1.807) is 282 Å². The minimum absolute atomic E-state index is 0.0715. The Balaban J connectivity index is 0.955. The van der Waals surface area contributed by atoms with Crippen LogP contribution in [-0.2, 0) is 54.1 Å². The van der Waals surface area contributed by atoms with E-state index in [9.17, 15) is 11.6 Å². The normalized spacial score (nSPS) is 26.7. The zero-order valence-corrected chi connectivity index (χ0v) is 65.3. The van der Waals surface area contributed by atoms with E-state index in [2.05, 4.69) is 225 Å². The van der Waals surface area contributed by atoms with Crippen molar-refractivity contribution in [2.75, 3.05) is 0 Å². The Labute approximate surface area is 640 Å². The van der Waals surface area contributed by atoms with Crippen molar-refractivity contribution in [2.24, 2.45) is 11.8 Å². The van der Waals surface area contributed by atoms with Crippen molar-refractivity contribution in [3.8, 4) is 0 Å². The molecule has 111 heavy (non-hydrogen) atoms. The molecule has 0 nitrogen and oxygen atoms in total. The van der Waals surface area contributed by atoms with Gasteiger partial charge in [-0.2, -0.15) is 0 Å². The highest BCUT2D eigenvalue weighted by Gasteiger charge is 2.90. The minimum Gasteiger partial charge on any atom is -0.112 e. The van der Waals surface area contributed by atoms with Crippen molar-refractivity contribution in [2.45, 2.75) is 163 Å². The molecule has 0 saturated carbocycles. The molecule has 0 radical (unpaired) electrons. The summed E-state index contributed by atoms with van der Waals surface area (Å²) in [6.45, 7) is 36.6. The molecule has 11 aliphatic carbocycles. The molecule has 0 spiro atoms. The van der Waals surface area contributed by atoms with E-state index in [0.29, 0.717) is 0 Å². The fourth-order valence-electron chi connectivity index (χ4n) is 33.9. The van der Waals surface area contributed by atoms with E-state index in [4.69, 9.17) is 0 Å². The average Bonchev–Trinajstić information content (AvgIpc) is 1.37. The molecule has 26 aromatic rings. The Kier molecular flexibility index (Phi) is 6.62. The van der Waals surface area contributed by atoms with Crippen LogP contribution in [0.5, 0.6) is 0 Å². The lowest BCUT2D eigenvalue weighted by molar-refractivity contribution is 0.132. The van der Waals surface area contributed by atoms with Crippen LogP contribution in [-0.4, -0.2) is 4.87 Å². The molecule has 0 heterocycles. The van der Waals surface area contributed by atoms with Crippen LogP contribution in [0, 0.1) is 11.8 Å². The molecule has 0 amide bonds. The number of alkyl halides is 1. The van der Waals surface area contributed by atoms with Gasteiger partial charge in [0.25, 0.3) is 0 Å². The van der Waals surface area contributed by atoms with Gasteiger partial charge in [0.1, 0.15) is 0 Å². The molecule has 0 bridgehead atoms. The number of halogens is 1. The van der Waals surface area contributed by atoms with E-state index in [-0.39, 0.29) is 38.9 Å². The van der Waals surface area contributed by atoms with Gasteiger partial charge in [-0.1, -0.05) is 225 Å². The molecule has 37 rings (SSSR count). The van der Waals surface area contributed by atoms with E-state index < -0.39 is 31.9 Å². The smallest absolute Gasteiger partial charge is 0.0901 e. The molecule has 26 aromatic carbocycles. The fraction of sp³-hybridized carbons (Fsp3) is 0.255. The molecule has 0 saturated heterocycles. The Hall–Kier alpha value is -10.4. The van der Waals surface area contributed by atoms with Crippen LogP contribution in [0.1, 0.15) is 215 Å². The molecular weight excluding hydrogens is 1360 g/mol. The predicted molar refractivity (Wildman–Crippen MR) is 466 cm³/mol. The second kappa shape index (κ2) is 13.5. The van der Waals surface area contributed by atoms with Gasteiger partial charge in [0.05, 0.1) is 31.9 Å². The third kappa shape index (κ3) is 3.85. The summed E-state index contributed by atoms with van der Waals surface area (Å²) in [6.07, 6.45) is 0. The first kappa shape index (κ1) is 54.3. The zero-order valence-electron chi connectivity index (χ0n) is 64.6. The fourth-order valence-corrected chi connectivity index (χ4v) is 34.7. The molecule has 0 aromatic heterocycles. The Morgan fingerprint density at radius 3 is 0.721 bits per heavy atom. The van der Waals surface area contributed by atoms with Gasteiger partial charge in [0.2, 0.25) is 0 Å². The van der Waals surface area contributed by atoms with Crippen molar-refractivity contribution < 1.29 is 0 Å². The van der Waals surface area contributed by atoms with Crippen LogP contribution in [0.25, 0.3) is 215 Å². The molecule has 8 unspecified atom stereocenters. The Morgan fingerprint density at radius 1 is 0.207 bits per heavy atom. The van der Waals surface area contributed by atoms with Gasteiger partial charge in [0.15, 0.2) is 0 Å². The lowest BCUT2D eigenvalue weighted by Gasteiger charge is -2.67. The third-order valence-corrected chi connectivity index (χ3v) is 37.0. The van der Waals surface area contributed by atoms with Gasteiger partial charge in [-0.05, 0) is 365 Å². The maximum absolute atomic E-state index is 11.6. The summed E-state index contributed by atoms with van der Waals surface area (Å²) in [7, 11) is 0. The van der Waals surface area contributed by atoms with Crippen molar-refractivity contribution in [3.63, 3.8) is 0 Å². The summed E-state index contributed by atoms with van der Waals surface area (Å²) in [5.41, 5.74) is 29.4. The minimum atomic E-state index is -1.14. The molecule has 0 fully saturated rings. The second-order valence-corrected chi connectivity index (χ2v) is 44.8. The maximum atomic E-state index is 11.6. The van der Waals surface area contributed by atoms with E-state index >= 15 is 0 Å². The monoisotopic (exact) mass is 1420 g/mol. The largest absolute Gasteiger partial charge is 0.112 e. The molecule has 11 aliphatic rings. The molecule has 8 atom stereocenters. The van der Waals surface area contributed by atoms with Crippen molar-refractivity contribution in [1.82, 2.24) is 0 Å². The standard InChI is InChI=1S/C110H67Cl/c1-100(2,3)36-16-26-41(27-17-36)105-86-76-66-56-51-46-47-49-50-48(46)53-59-57(51)67(66)77-79-69(59)71-61(53)63-55(50)65-64-54(49)62-60-52(47)58(56)68-70(60)80-82-72(62)74(64)84-85-75(65)73(63)83-81(71)91-89(79)106(87(77)86,42-28-18-37(19-29-42)101(4,5)6)97-96(105)98-107(90(80)88(105)78(68)76,43-30-20-38(21-31-43)102(7,8)9)92(82)94(84)109(45-34-24-40(25-35-45)104(13,14)15)95(85)93(83)108(91,99(97)110(98,109)111)44-32-22-39(23-33-44)103(10,11)12/h16-35,96,98H,1-15H3. The number of hydrogen-bond acceptors (Lipinski definition) is 0. The van der Waals surface area contributed by atoms with Gasteiger partial charge in [-0.25, -0.2) is 0 Å². The summed E-state index contributed by atoms with van der Waals surface area (Å²) >= 11 is 11.6. The van der Waals surface area contributed by atoms with E-state index in [1.807, 2.05) is 0 Å².